The van der Waals surface area contributed by atoms with Gasteiger partial charge in [-0.2, -0.15) is 0 Å². The van der Waals surface area contributed by atoms with Gasteiger partial charge in [0.2, 0.25) is 0 Å². The molecular formula is C8H7BrFNO2. The highest BCUT2D eigenvalue weighted by Crippen LogP contribution is 2.12. The Kier molecular flexibility index (Phi) is 3.36. The number of carbonyl (C=O) groups excluding carboxylic acids is 1. The van der Waals surface area contributed by atoms with Crippen molar-refractivity contribution in [1.82, 2.24) is 4.98 Å². The fourth-order valence-electron chi connectivity index (χ4n) is 0.711. The molecule has 0 atom stereocenters. The molecule has 70 valence electrons. The standard InChI is InChI=1S/C8H7BrFNO2/c1-5(12)13-4-6-2-3-7(10)8(9)11-6/h2-3H,4H2,1H3. The van der Waals surface area contributed by atoms with Gasteiger partial charge in [0.25, 0.3) is 0 Å². The lowest BCUT2D eigenvalue weighted by atomic mass is 10.4. The van der Waals surface area contributed by atoms with E-state index >= 15 is 0 Å². The molecule has 0 bridgehead atoms. The Labute approximate surface area is 83.1 Å². The monoisotopic (exact) mass is 247 g/mol. The van der Waals surface area contributed by atoms with Crippen molar-refractivity contribution in [1.29, 1.82) is 0 Å². The number of rotatable bonds is 2. The van der Waals surface area contributed by atoms with E-state index in [2.05, 4.69) is 25.7 Å². The smallest absolute Gasteiger partial charge is 0.303 e. The highest BCUT2D eigenvalue weighted by atomic mass is 79.9. The van der Waals surface area contributed by atoms with E-state index < -0.39 is 5.82 Å². The molecule has 0 saturated heterocycles. The van der Waals surface area contributed by atoms with Crippen LogP contribution in [-0.4, -0.2) is 11.0 Å². The Bertz CT molecular complexity index is 330. The molecule has 3 nitrogen and oxygen atoms in total. The summed E-state index contributed by atoms with van der Waals surface area (Å²) in [5.41, 5.74) is 0.503. The molecule has 0 saturated carbocycles. The van der Waals surface area contributed by atoms with Crippen LogP contribution in [0.4, 0.5) is 4.39 Å². The van der Waals surface area contributed by atoms with Gasteiger partial charge in [-0.1, -0.05) is 0 Å². The second-order valence-corrected chi connectivity index (χ2v) is 3.11. The Hall–Kier alpha value is -0.970. The van der Waals surface area contributed by atoms with Crippen LogP contribution >= 0.6 is 15.9 Å². The summed E-state index contributed by atoms with van der Waals surface area (Å²) >= 11 is 2.93. The first-order chi connectivity index (χ1) is 6.09. The molecule has 0 unspecified atom stereocenters. The molecule has 0 aliphatic carbocycles. The average Bonchev–Trinajstić information content (AvgIpc) is 2.07. The van der Waals surface area contributed by atoms with Crippen molar-refractivity contribution in [2.75, 3.05) is 0 Å². The van der Waals surface area contributed by atoms with Crippen LogP contribution in [0.2, 0.25) is 0 Å². The SMILES string of the molecule is CC(=O)OCc1ccc(F)c(Br)n1. The summed E-state index contributed by atoms with van der Waals surface area (Å²) in [5.74, 6) is -0.825. The van der Waals surface area contributed by atoms with Crippen LogP contribution in [0, 0.1) is 5.82 Å². The highest BCUT2D eigenvalue weighted by Gasteiger charge is 2.03. The molecule has 13 heavy (non-hydrogen) atoms. The molecule has 0 spiro atoms. The van der Waals surface area contributed by atoms with E-state index in [1.54, 1.807) is 0 Å². The minimum absolute atomic E-state index is 0.0637. The lowest BCUT2D eigenvalue weighted by Crippen LogP contribution is -2.01. The lowest BCUT2D eigenvalue weighted by Gasteiger charge is -2.01. The molecule has 0 amide bonds. The fourth-order valence-corrected chi connectivity index (χ4v) is 1.07. The van der Waals surface area contributed by atoms with Crippen LogP contribution in [-0.2, 0) is 16.1 Å². The molecule has 0 aliphatic heterocycles. The van der Waals surface area contributed by atoms with Crippen LogP contribution in [0.15, 0.2) is 16.7 Å². The number of hydrogen-bond acceptors (Lipinski definition) is 3. The van der Waals surface area contributed by atoms with Gasteiger partial charge in [0.05, 0.1) is 5.69 Å². The Morgan fingerprint density at radius 2 is 2.38 bits per heavy atom. The van der Waals surface area contributed by atoms with Crippen LogP contribution in [0.5, 0.6) is 0 Å². The molecule has 0 aliphatic rings. The van der Waals surface area contributed by atoms with Gasteiger partial charge < -0.3 is 4.74 Å². The average molecular weight is 248 g/mol. The number of aromatic nitrogens is 1. The first-order valence-corrected chi connectivity index (χ1v) is 4.33. The lowest BCUT2D eigenvalue weighted by molar-refractivity contribution is -0.142. The molecule has 1 aromatic rings. The first-order valence-electron chi connectivity index (χ1n) is 3.54. The summed E-state index contributed by atoms with van der Waals surface area (Å²) in [4.78, 5) is 14.2. The quantitative estimate of drug-likeness (QED) is 0.593. The Morgan fingerprint density at radius 1 is 1.69 bits per heavy atom. The third-order valence-electron chi connectivity index (χ3n) is 1.28. The number of pyridine rings is 1. The van der Waals surface area contributed by atoms with Crippen LogP contribution in [0.1, 0.15) is 12.6 Å². The van der Waals surface area contributed by atoms with Crippen LogP contribution in [0.3, 0.4) is 0 Å². The van der Waals surface area contributed by atoms with E-state index in [0.29, 0.717) is 5.69 Å². The van der Waals surface area contributed by atoms with Crippen molar-refractivity contribution in [3.63, 3.8) is 0 Å². The zero-order chi connectivity index (χ0) is 9.84. The van der Waals surface area contributed by atoms with E-state index in [1.807, 2.05) is 0 Å². The number of ether oxygens (including phenoxy) is 1. The second-order valence-electron chi connectivity index (χ2n) is 2.36. The third kappa shape index (κ3) is 3.10. The van der Waals surface area contributed by atoms with Crippen molar-refractivity contribution in [2.24, 2.45) is 0 Å². The van der Waals surface area contributed by atoms with Gasteiger partial charge in [0.1, 0.15) is 11.2 Å². The first kappa shape index (κ1) is 10.1. The minimum Gasteiger partial charge on any atom is -0.459 e. The molecule has 0 aromatic carbocycles. The van der Waals surface area contributed by atoms with Gasteiger partial charge in [0.15, 0.2) is 5.82 Å². The van der Waals surface area contributed by atoms with Crippen molar-refractivity contribution >= 4 is 21.9 Å². The van der Waals surface area contributed by atoms with Gasteiger partial charge in [-0.15, -0.1) is 0 Å². The number of carbonyl (C=O) groups is 1. The predicted octanol–water partition coefficient (Wildman–Crippen LogP) is 2.05. The zero-order valence-corrected chi connectivity index (χ0v) is 8.47. The molecule has 0 fully saturated rings. The van der Waals surface area contributed by atoms with Crippen molar-refractivity contribution in [2.45, 2.75) is 13.5 Å². The highest BCUT2D eigenvalue weighted by molar-refractivity contribution is 9.10. The van der Waals surface area contributed by atoms with Crippen molar-refractivity contribution in [3.8, 4) is 0 Å². The summed E-state index contributed by atoms with van der Waals surface area (Å²) in [5, 5.41) is 0. The third-order valence-corrected chi connectivity index (χ3v) is 1.84. The largest absolute Gasteiger partial charge is 0.459 e. The minimum atomic E-state index is -0.438. The van der Waals surface area contributed by atoms with Gasteiger partial charge in [0, 0.05) is 6.92 Å². The number of halogens is 2. The summed E-state index contributed by atoms with van der Waals surface area (Å²) in [6.07, 6.45) is 0. The summed E-state index contributed by atoms with van der Waals surface area (Å²) in [7, 11) is 0. The molecule has 1 aromatic heterocycles. The summed E-state index contributed by atoms with van der Waals surface area (Å²) in [6.45, 7) is 1.37. The molecule has 0 N–H and O–H groups in total. The number of nitrogens with zero attached hydrogens (tertiary/aromatic N) is 1. The van der Waals surface area contributed by atoms with Crippen LogP contribution < -0.4 is 0 Å². The molecule has 0 radical (unpaired) electrons. The van der Waals surface area contributed by atoms with Gasteiger partial charge >= 0.3 is 5.97 Å². The normalized spacial score (nSPS) is 9.77. The maximum absolute atomic E-state index is 12.7. The maximum atomic E-state index is 12.7. The van der Waals surface area contributed by atoms with Gasteiger partial charge in [-0.05, 0) is 28.1 Å². The summed E-state index contributed by atoms with van der Waals surface area (Å²) in [6, 6.07) is 2.72. The zero-order valence-electron chi connectivity index (χ0n) is 6.88. The summed E-state index contributed by atoms with van der Waals surface area (Å²) < 4.78 is 17.5. The van der Waals surface area contributed by atoms with Gasteiger partial charge in [-0.3, -0.25) is 4.79 Å². The molecule has 1 rings (SSSR count). The van der Waals surface area contributed by atoms with E-state index in [-0.39, 0.29) is 17.2 Å². The van der Waals surface area contributed by atoms with Crippen molar-refractivity contribution < 1.29 is 13.9 Å². The Balaban J connectivity index is 2.68. The van der Waals surface area contributed by atoms with Crippen LogP contribution in [0.25, 0.3) is 0 Å². The molecular weight excluding hydrogens is 241 g/mol. The molecule has 1 heterocycles. The van der Waals surface area contributed by atoms with Crippen molar-refractivity contribution in [3.05, 3.63) is 28.2 Å². The predicted molar refractivity (Wildman–Crippen MR) is 47.4 cm³/mol. The van der Waals surface area contributed by atoms with Gasteiger partial charge in [-0.25, -0.2) is 9.37 Å². The van der Waals surface area contributed by atoms with E-state index in [1.165, 1.54) is 19.1 Å². The van der Waals surface area contributed by atoms with E-state index in [9.17, 15) is 9.18 Å². The fraction of sp³-hybridized carbons (Fsp3) is 0.250. The topological polar surface area (TPSA) is 39.2 Å². The maximum Gasteiger partial charge on any atom is 0.303 e. The number of hydrogen-bond donors (Lipinski definition) is 0. The second kappa shape index (κ2) is 4.32. The van der Waals surface area contributed by atoms with E-state index in [0.717, 1.165) is 0 Å². The number of esters is 1. The molecule has 5 heteroatoms. The Morgan fingerprint density at radius 3 is 2.92 bits per heavy atom. The van der Waals surface area contributed by atoms with E-state index in [4.69, 9.17) is 0 Å².